The lowest BCUT2D eigenvalue weighted by Gasteiger charge is -2.30. The van der Waals surface area contributed by atoms with Crippen LogP contribution in [0.5, 0.6) is 0 Å². The maximum atomic E-state index is 12.8. The molecule has 1 atom stereocenters. The standard InChI is InChI=1S/C19H22N6O7S/c26-16(15-7-9-23-32-15)24-19(17(27)28,25-33(29,30)14-5-2-1-3-6-14)13-31-12-4-8-20-18-21-10-11-22-18/h1-3,5-7,9-11,25H,4,8,12-13H2,(H,24,26)(H,27,28)(H2,20,21,22). The summed E-state index contributed by atoms with van der Waals surface area (Å²) < 4.78 is 37.9. The second kappa shape index (κ2) is 10.7. The molecule has 33 heavy (non-hydrogen) atoms. The molecule has 0 aliphatic rings. The Morgan fingerprint density at radius 2 is 1.97 bits per heavy atom. The Morgan fingerprint density at radius 3 is 2.61 bits per heavy atom. The van der Waals surface area contributed by atoms with Crippen molar-refractivity contribution in [1.82, 2.24) is 25.2 Å². The highest BCUT2D eigenvalue weighted by molar-refractivity contribution is 7.89. The summed E-state index contributed by atoms with van der Waals surface area (Å²) >= 11 is 0. The van der Waals surface area contributed by atoms with Gasteiger partial charge in [-0.2, -0.15) is 4.72 Å². The zero-order valence-corrected chi connectivity index (χ0v) is 18.0. The molecule has 0 radical (unpaired) electrons. The third-order valence-electron chi connectivity index (χ3n) is 4.29. The first kappa shape index (κ1) is 23.9. The summed E-state index contributed by atoms with van der Waals surface area (Å²) in [6, 6.07) is 8.34. The van der Waals surface area contributed by atoms with E-state index in [4.69, 9.17) is 9.26 Å². The summed E-state index contributed by atoms with van der Waals surface area (Å²) in [6.45, 7) is -0.184. The lowest BCUT2D eigenvalue weighted by Crippen LogP contribution is -2.68. The van der Waals surface area contributed by atoms with Crippen molar-refractivity contribution in [2.45, 2.75) is 17.0 Å². The van der Waals surface area contributed by atoms with Gasteiger partial charge in [-0.15, -0.1) is 0 Å². The molecule has 2 heterocycles. The number of benzene rings is 1. The highest BCUT2D eigenvalue weighted by Crippen LogP contribution is 2.14. The van der Waals surface area contributed by atoms with E-state index in [0.717, 1.165) is 0 Å². The molecule has 0 spiro atoms. The summed E-state index contributed by atoms with van der Waals surface area (Å²) in [4.78, 5) is 31.4. The highest BCUT2D eigenvalue weighted by atomic mass is 32.2. The fraction of sp³-hybridized carbons (Fsp3) is 0.263. The molecule has 0 bridgehead atoms. The van der Waals surface area contributed by atoms with Crippen LogP contribution in [-0.2, 0) is 19.6 Å². The van der Waals surface area contributed by atoms with Crippen LogP contribution in [0.2, 0.25) is 0 Å². The van der Waals surface area contributed by atoms with E-state index in [1.165, 1.54) is 36.5 Å². The number of imidazole rings is 1. The Hall–Kier alpha value is -3.75. The molecule has 1 aromatic carbocycles. The third kappa shape index (κ3) is 6.38. The SMILES string of the molecule is O=C(NC(COCCCNc1ncc[nH]1)(NS(=O)(=O)c1ccccc1)C(=O)O)c1ccno1. The third-order valence-corrected chi connectivity index (χ3v) is 5.80. The van der Waals surface area contributed by atoms with Gasteiger partial charge in [0.15, 0.2) is 5.95 Å². The van der Waals surface area contributed by atoms with Crippen molar-refractivity contribution in [2.24, 2.45) is 0 Å². The van der Waals surface area contributed by atoms with Gasteiger partial charge >= 0.3 is 5.97 Å². The van der Waals surface area contributed by atoms with E-state index in [1.54, 1.807) is 18.5 Å². The number of rotatable bonds is 13. The summed E-state index contributed by atoms with van der Waals surface area (Å²) in [6.07, 6.45) is 4.86. The summed E-state index contributed by atoms with van der Waals surface area (Å²) in [5, 5.41) is 18.5. The number of anilines is 1. The molecule has 13 nitrogen and oxygen atoms in total. The maximum Gasteiger partial charge on any atom is 0.348 e. The Bertz CT molecular complexity index is 1140. The topological polar surface area (TPSA) is 189 Å². The number of sulfonamides is 1. The van der Waals surface area contributed by atoms with Gasteiger partial charge in [0.2, 0.25) is 21.4 Å². The van der Waals surface area contributed by atoms with E-state index < -0.39 is 34.2 Å². The fourth-order valence-electron chi connectivity index (χ4n) is 2.69. The predicted molar refractivity (Wildman–Crippen MR) is 114 cm³/mol. The maximum absolute atomic E-state index is 12.8. The Balaban J connectivity index is 1.73. The minimum Gasteiger partial charge on any atom is -0.478 e. The number of aliphatic carboxylic acids is 1. The van der Waals surface area contributed by atoms with Gasteiger partial charge in [0.1, 0.15) is 0 Å². The monoisotopic (exact) mass is 478 g/mol. The molecule has 1 unspecified atom stereocenters. The van der Waals surface area contributed by atoms with Crippen LogP contribution >= 0.6 is 0 Å². The number of hydrogen-bond acceptors (Lipinski definition) is 9. The number of H-pyrrole nitrogens is 1. The number of carboxylic acids is 1. The van der Waals surface area contributed by atoms with Crippen LogP contribution in [0.25, 0.3) is 0 Å². The van der Waals surface area contributed by atoms with Gasteiger partial charge in [0, 0.05) is 31.6 Å². The van der Waals surface area contributed by atoms with Gasteiger partial charge in [-0.3, -0.25) is 4.79 Å². The second-order valence-corrected chi connectivity index (χ2v) is 8.41. The van der Waals surface area contributed by atoms with Crippen LogP contribution in [0, 0.1) is 0 Å². The van der Waals surface area contributed by atoms with Crippen LogP contribution < -0.4 is 15.4 Å². The summed E-state index contributed by atoms with van der Waals surface area (Å²) in [5.41, 5.74) is -2.52. The van der Waals surface area contributed by atoms with Crippen molar-refractivity contribution in [3.05, 3.63) is 60.7 Å². The quantitative estimate of drug-likeness (QED) is 0.170. The highest BCUT2D eigenvalue weighted by Gasteiger charge is 2.45. The molecule has 0 saturated carbocycles. The van der Waals surface area contributed by atoms with Gasteiger partial charge < -0.3 is 30.0 Å². The number of aromatic amines is 1. The predicted octanol–water partition coefficient (Wildman–Crippen LogP) is 0.406. The Labute approximate surface area is 188 Å². The number of carboxylic acid groups (broad SMARTS) is 1. The first-order valence-electron chi connectivity index (χ1n) is 9.69. The minimum atomic E-state index is -4.35. The van der Waals surface area contributed by atoms with Gasteiger partial charge in [-0.25, -0.2) is 18.2 Å². The molecule has 5 N–H and O–H groups in total. The number of carbonyl (C=O) groups is 2. The van der Waals surface area contributed by atoms with Crippen molar-refractivity contribution < 1.29 is 32.4 Å². The average Bonchev–Trinajstić information content (AvgIpc) is 3.50. The van der Waals surface area contributed by atoms with E-state index in [9.17, 15) is 23.1 Å². The molecule has 3 aromatic rings. The zero-order valence-electron chi connectivity index (χ0n) is 17.2. The van der Waals surface area contributed by atoms with Gasteiger partial charge in [-0.05, 0) is 18.6 Å². The molecule has 1 amide bonds. The van der Waals surface area contributed by atoms with Crippen molar-refractivity contribution in [3.8, 4) is 0 Å². The summed E-state index contributed by atoms with van der Waals surface area (Å²) in [7, 11) is -4.35. The molecule has 0 aliphatic carbocycles. The Morgan fingerprint density at radius 1 is 1.18 bits per heavy atom. The van der Waals surface area contributed by atoms with E-state index in [2.05, 4.69) is 30.5 Å². The molecule has 176 valence electrons. The normalized spacial score (nSPS) is 13.2. The van der Waals surface area contributed by atoms with Crippen LogP contribution in [0.1, 0.15) is 17.0 Å². The molecule has 2 aromatic heterocycles. The smallest absolute Gasteiger partial charge is 0.348 e. The molecule has 0 aliphatic heterocycles. The Kier molecular flexibility index (Phi) is 7.76. The van der Waals surface area contributed by atoms with Crippen molar-refractivity contribution in [2.75, 3.05) is 25.1 Å². The van der Waals surface area contributed by atoms with Crippen LogP contribution in [0.4, 0.5) is 5.95 Å². The van der Waals surface area contributed by atoms with E-state index in [1.807, 2.05) is 0 Å². The lowest BCUT2D eigenvalue weighted by atomic mass is 10.2. The van der Waals surface area contributed by atoms with E-state index in [0.29, 0.717) is 18.9 Å². The van der Waals surface area contributed by atoms with Gasteiger partial charge in [-0.1, -0.05) is 23.4 Å². The molecule has 14 heteroatoms. The van der Waals surface area contributed by atoms with Crippen LogP contribution in [0.3, 0.4) is 0 Å². The number of nitrogens with zero attached hydrogens (tertiary/aromatic N) is 2. The molecule has 0 saturated heterocycles. The lowest BCUT2D eigenvalue weighted by molar-refractivity contribution is -0.148. The van der Waals surface area contributed by atoms with Crippen molar-refractivity contribution in [1.29, 1.82) is 0 Å². The summed E-state index contributed by atoms with van der Waals surface area (Å²) in [5.74, 6) is -2.41. The minimum absolute atomic E-state index is 0.0635. The molecule has 0 fully saturated rings. The van der Waals surface area contributed by atoms with Gasteiger partial charge in [0.05, 0.1) is 17.7 Å². The number of carbonyl (C=O) groups excluding carboxylic acids is 1. The molecule has 3 rings (SSSR count). The van der Waals surface area contributed by atoms with Gasteiger partial charge in [0.25, 0.3) is 5.91 Å². The first-order valence-corrected chi connectivity index (χ1v) is 11.2. The van der Waals surface area contributed by atoms with Crippen molar-refractivity contribution >= 4 is 27.8 Å². The fourth-order valence-corrected chi connectivity index (χ4v) is 3.98. The van der Waals surface area contributed by atoms with Crippen molar-refractivity contribution in [3.63, 3.8) is 0 Å². The average molecular weight is 478 g/mol. The van der Waals surface area contributed by atoms with E-state index in [-0.39, 0.29) is 17.3 Å². The number of hydrogen-bond donors (Lipinski definition) is 5. The number of ether oxygens (including phenoxy) is 1. The van der Waals surface area contributed by atoms with E-state index >= 15 is 0 Å². The second-order valence-electron chi connectivity index (χ2n) is 6.73. The zero-order chi connectivity index (χ0) is 23.7. The van der Waals surface area contributed by atoms with Crippen LogP contribution in [0.15, 0.2) is 64.4 Å². The number of nitrogens with one attached hydrogen (secondary N) is 4. The number of amides is 1. The molecular weight excluding hydrogens is 456 g/mol. The largest absolute Gasteiger partial charge is 0.478 e. The molecular formula is C19H22N6O7S. The number of aromatic nitrogens is 3. The first-order chi connectivity index (χ1) is 15.8. The van der Waals surface area contributed by atoms with Crippen LogP contribution in [-0.4, -0.2) is 65.9 Å².